The lowest BCUT2D eigenvalue weighted by Gasteiger charge is -2.09. The van der Waals surface area contributed by atoms with Crippen LogP contribution in [-0.4, -0.2) is 26.1 Å². The lowest BCUT2D eigenvalue weighted by Crippen LogP contribution is -2.08. The van der Waals surface area contributed by atoms with Crippen molar-refractivity contribution in [3.05, 3.63) is 46.8 Å². The Kier molecular flexibility index (Phi) is 3.80. The summed E-state index contributed by atoms with van der Waals surface area (Å²) in [6.45, 7) is 4.41. The molecule has 0 radical (unpaired) electrons. The Balaban J connectivity index is 2.28. The number of benzene rings is 1. The predicted octanol–water partition coefficient (Wildman–Crippen LogP) is 2.02. The van der Waals surface area contributed by atoms with Gasteiger partial charge in [-0.25, -0.2) is 9.48 Å². The maximum atomic E-state index is 10.8. The average molecular weight is 270 g/mol. The number of carboxylic acids is 1. The van der Waals surface area contributed by atoms with Crippen LogP contribution >= 0.6 is 0 Å². The average Bonchev–Trinajstić information content (AvgIpc) is 2.82. The molecule has 1 N–H and O–H groups in total. The van der Waals surface area contributed by atoms with Crippen molar-refractivity contribution < 1.29 is 9.90 Å². The van der Waals surface area contributed by atoms with E-state index in [2.05, 4.69) is 10.3 Å². The van der Waals surface area contributed by atoms with Gasteiger partial charge in [-0.15, -0.1) is 5.10 Å². The van der Waals surface area contributed by atoms with Gasteiger partial charge in [0.1, 0.15) is 6.07 Å². The molecule has 1 heterocycles. The van der Waals surface area contributed by atoms with Gasteiger partial charge in [0.05, 0.1) is 17.8 Å². The van der Waals surface area contributed by atoms with Gasteiger partial charge in [-0.05, 0) is 23.6 Å². The fourth-order valence-corrected chi connectivity index (χ4v) is 2.01. The van der Waals surface area contributed by atoms with Crippen LogP contribution in [0.3, 0.4) is 0 Å². The van der Waals surface area contributed by atoms with Crippen LogP contribution in [0.1, 0.15) is 47.1 Å². The number of hydrogen-bond acceptors (Lipinski definition) is 4. The predicted molar refractivity (Wildman–Crippen MR) is 71.3 cm³/mol. The Hall–Kier alpha value is -2.68. The summed E-state index contributed by atoms with van der Waals surface area (Å²) in [5.74, 6) is -0.815. The zero-order valence-corrected chi connectivity index (χ0v) is 11.2. The van der Waals surface area contributed by atoms with E-state index in [1.165, 1.54) is 0 Å². The molecule has 0 spiro atoms. The molecule has 1 aromatic carbocycles. The van der Waals surface area contributed by atoms with Crippen molar-refractivity contribution >= 4 is 5.97 Å². The summed E-state index contributed by atoms with van der Waals surface area (Å²) in [7, 11) is 0. The Morgan fingerprint density at radius 3 is 2.55 bits per heavy atom. The number of nitrogens with zero attached hydrogens (tertiary/aromatic N) is 4. The first kappa shape index (κ1) is 13.7. The van der Waals surface area contributed by atoms with Gasteiger partial charge in [0.15, 0.2) is 5.69 Å². The van der Waals surface area contributed by atoms with Crippen LogP contribution in [0, 0.1) is 11.3 Å². The molecule has 2 aromatic rings. The van der Waals surface area contributed by atoms with Gasteiger partial charge in [0, 0.05) is 0 Å². The first-order valence-electron chi connectivity index (χ1n) is 6.18. The normalized spacial score (nSPS) is 10.5. The third-order valence-electron chi connectivity index (χ3n) is 2.96. The fraction of sp³-hybridized carbons (Fsp3) is 0.286. The molecule has 102 valence electrons. The van der Waals surface area contributed by atoms with E-state index in [0.29, 0.717) is 12.2 Å². The minimum absolute atomic E-state index is 0.137. The molecule has 20 heavy (non-hydrogen) atoms. The number of aromatic nitrogens is 3. The van der Waals surface area contributed by atoms with E-state index >= 15 is 0 Å². The molecule has 0 saturated carbocycles. The minimum atomic E-state index is -0.952. The number of nitriles is 1. The Labute approximate surface area is 116 Å². The second kappa shape index (κ2) is 5.53. The monoisotopic (exact) mass is 270 g/mol. The summed E-state index contributed by atoms with van der Waals surface area (Å²) >= 11 is 0. The van der Waals surface area contributed by atoms with E-state index in [0.717, 1.165) is 11.3 Å². The maximum absolute atomic E-state index is 10.8. The van der Waals surface area contributed by atoms with E-state index in [4.69, 9.17) is 10.4 Å². The molecule has 1 aromatic heterocycles. The lowest BCUT2D eigenvalue weighted by molar-refractivity contribution is 0.0697. The van der Waals surface area contributed by atoms with Crippen molar-refractivity contribution in [2.45, 2.75) is 26.3 Å². The third-order valence-corrected chi connectivity index (χ3v) is 2.96. The van der Waals surface area contributed by atoms with E-state index < -0.39 is 5.97 Å². The highest BCUT2D eigenvalue weighted by atomic mass is 16.4. The molecule has 0 saturated heterocycles. The van der Waals surface area contributed by atoms with Gasteiger partial charge in [-0.2, -0.15) is 5.26 Å². The lowest BCUT2D eigenvalue weighted by atomic mass is 10.1. The summed E-state index contributed by atoms with van der Waals surface area (Å²) in [6, 6.07) is 8.61. The maximum Gasteiger partial charge on any atom is 0.335 e. The number of rotatable bonds is 4. The Morgan fingerprint density at radius 2 is 2.05 bits per heavy atom. The minimum Gasteiger partial charge on any atom is -0.478 e. The Morgan fingerprint density at radius 1 is 1.40 bits per heavy atom. The zero-order chi connectivity index (χ0) is 14.7. The topological polar surface area (TPSA) is 91.8 Å². The number of aromatic carboxylic acids is 1. The van der Waals surface area contributed by atoms with E-state index in [1.807, 2.05) is 19.9 Å². The van der Waals surface area contributed by atoms with Gasteiger partial charge >= 0.3 is 5.97 Å². The number of carboxylic acid groups (broad SMARTS) is 1. The number of carbonyl (C=O) groups is 1. The molecule has 0 amide bonds. The van der Waals surface area contributed by atoms with Gasteiger partial charge in [-0.1, -0.05) is 31.2 Å². The number of hydrogen-bond donors (Lipinski definition) is 1. The molecule has 0 unspecified atom stereocenters. The highest BCUT2D eigenvalue weighted by molar-refractivity contribution is 5.87. The van der Waals surface area contributed by atoms with Crippen molar-refractivity contribution in [3.63, 3.8) is 0 Å². The van der Waals surface area contributed by atoms with Crippen LogP contribution < -0.4 is 0 Å². The van der Waals surface area contributed by atoms with Crippen LogP contribution in [-0.2, 0) is 6.54 Å². The first-order chi connectivity index (χ1) is 9.52. The summed E-state index contributed by atoms with van der Waals surface area (Å²) in [5.41, 5.74) is 2.28. The zero-order valence-electron chi connectivity index (χ0n) is 11.2. The molecule has 0 atom stereocenters. The van der Waals surface area contributed by atoms with Crippen molar-refractivity contribution in [1.82, 2.24) is 15.0 Å². The molecule has 0 fully saturated rings. The van der Waals surface area contributed by atoms with Gasteiger partial charge in [0.2, 0.25) is 0 Å². The molecule has 0 aliphatic carbocycles. The van der Waals surface area contributed by atoms with E-state index in [1.54, 1.807) is 28.9 Å². The molecule has 0 aliphatic heterocycles. The van der Waals surface area contributed by atoms with E-state index in [9.17, 15) is 4.79 Å². The van der Waals surface area contributed by atoms with Crippen LogP contribution in [0.5, 0.6) is 0 Å². The third kappa shape index (κ3) is 2.67. The molecule has 6 heteroatoms. The van der Waals surface area contributed by atoms with Crippen molar-refractivity contribution in [2.24, 2.45) is 0 Å². The Bertz CT molecular complexity index is 665. The van der Waals surface area contributed by atoms with Gasteiger partial charge < -0.3 is 5.11 Å². The molecule has 0 aliphatic rings. The smallest absolute Gasteiger partial charge is 0.335 e. The molecule has 0 bridgehead atoms. The molecular formula is C14H14N4O2. The van der Waals surface area contributed by atoms with E-state index in [-0.39, 0.29) is 11.5 Å². The van der Waals surface area contributed by atoms with Crippen molar-refractivity contribution in [1.29, 1.82) is 5.26 Å². The van der Waals surface area contributed by atoms with Gasteiger partial charge in [0.25, 0.3) is 0 Å². The SMILES string of the molecule is CC(C)c1c(C#N)nnn1Cc1ccc(C(=O)O)cc1. The van der Waals surface area contributed by atoms with Crippen molar-refractivity contribution in [2.75, 3.05) is 0 Å². The molecular weight excluding hydrogens is 256 g/mol. The largest absolute Gasteiger partial charge is 0.478 e. The fourth-order valence-electron chi connectivity index (χ4n) is 2.01. The van der Waals surface area contributed by atoms with Crippen LogP contribution in [0.15, 0.2) is 24.3 Å². The second-order valence-corrected chi connectivity index (χ2v) is 4.75. The van der Waals surface area contributed by atoms with Crippen LogP contribution in [0.4, 0.5) is 0 Å². The standard InChI is InChI=1S/C14H14N4O2/c1-9(2)13-12(7-15)16-17-18(13)8-10-3-5-11(6-4-10)14(19)20/h3-6,9H,8H2,1-2H3,(H,19,20). The second-order valence-electron chi connectivity index (χ2n) is 4.75. The van der Waals surface area contributed by atoms with Crippen LogP contribution in [0.25, 0.3) is 0 Å². The highest BCUT2D eigenvalue weighted by Crippen LogP contribution is 2.18. The first-order valence-corrected chi connectivity index (χ1v) is 6.18. The summed E-state index contributed by atoms with van der Waals surface area (Å²) < 4.78 is 1.68. The molecule has 2 rings (SSSR count). The molecule has 6 nitrogen and oxygen atoms in total. The highest BCUT2D eigenvalue weighted by Gasteiger charge is 2.16. The van der Waals surface area contributed by atoms with Gasteiger partial charge in [-0.3, -0.25) is 0 Å². The van der Waals surface area contributed by atoms with Crippen molar-refractivity contribution in [3.8, 4) is 6.07 Å². The quantitative estimate of drug-likeness (QED) is 0.917. The van der Waals surface area contributed by atoms with Crippen LogP contribution in [0.2, 0.25) is 0 Å². The summed E-state index contributed by atoms with van der Waals surface area (Å²) in [4.78, 5) is 10.8. The summed E-state index contributed by atoms with van der Waals surface area (Å²) in [5, 5.41) is 25.7. The summed E-state index contributed by atoms with van der Waals surface area (Å²) in [6.07, 6.45) is 0.